The van der Waals surface area contributed by atoms with Gasteiger partial charge in [-0.05, 0) is 30.3 Å². The van der Waals surface area contributed by atoms with Crippen LogP contribution in [0.5, 0.6) is 0 Å². The summed E-state index contributed by atoms with van der Waals surface area (Å²) in [5.41, 5.74) is -0.339. The Labute approximate surface area is 192 Å². The number of carbonyl (C=O) groups excluding carboxylic acids is 2. The molecular formula is C20H19N3O10S. The number of sulfonamides is 1. The number of carbonyl (C=O) groups is 2. The van der Waals surface area contributed by atoms with Crippen molar-refractivity contribution in [3.8, 4) is 0 Å². The number of hydrogen-bond acceptors (Lipinski definition) is 11. The number of nitro groups is 1. The van der Waals surface area contributed by atoms with Crippen molar-refractivity contribution < 1.29 is 41.2 Å². The van der Waals surface area contributed by atoms with Crippen LogP contribution in [0.3, 0.4) is 0 Å². The van der Waals surface area contributed by atoms with Crippen LogP contribution >= 0.6 is 0 Å². The van der Waals surface area contributed by atoms with E-state index < -0.39 is 50.6 Å². The van der Waals surface area contributed by atoms with Crippen LogP contribution in [-0.4, -0.2) is 38.9 Å². The molecule has 0 unspecified atom stereocenters. The number of furan rings is 2. The normalized spacial score (nSPS) is 11.1. The van der Waals surface area contributed by atoms with Crippen molar-refractivity contribution in [3.63, 3.8) is 0 Å². The molecule has 2 N–H and O–H groups in total. The van der Waals surface area contributed by atoms with Gasteiger partial charge in [-0.2, -0.15) is 4.72 Å². The van der Waals surface area contributed by atoms with Crippen LogP contribution in [0.15, 0.2) is 62.7 Å². The summed E-state index contributed by atoms with van der Waals surface area (Å²) >= 11 is 0. The van der Waals surface area contributed by atoms with Gasteiger partial charge in [0, 0.05) is 6.07 Å². The number of ether oxygens (including phenoxy) is 2. The van der Waals surface area contributed by atoms with Gasteiger partial charge < -0.3 is 23.6 Å². The molecule has 3 rings (SSSR count). The molecule has 0 aliphatic heterocycles. The average Bonchev–Trinajstić information content (AvgIpc) is 3.51. The second-order valence-electron chi connectivity index (χ2n) is 6.60. The fraction of sp³-hybridized carbons (Fsp3) is 0.200. The maximum absolute atomic E-state index is 12.5. The highest BCUT2D eigenvalue weighted by Crippen LogP contribution is 2.28. The highest BCUT2D eigenvalue weighted by atomic mass is 32.2. The summed E-state index contributed by atoms with van der Waals surface area (Å²) in [5, 5.41) is 14.2. The van der Waals surface area contributed by atoms with E-state index in [-0.39, 0.29) is 23.6 Å². The first-order valence-electron chi connectivity index (χ1n) is 9.56. The van der Waals surface area contributed by atoms with E-state index in [1.54, 1.807) is 12.1 Å². The van der Waals surface area contributed by atoms with E-state index in [1.807, 2.05) is 4.72 Å². The smallest absolute Gasteiger partial charge is 0.341 e. The number of anilines is 1. The molecule has 0 amide bonds. The second kappa shape index (κ2) is 10.6. The maximum atomic E-state index is 12.5. The van der Waals surface area contributed by atoms with E-state index in [0.29, 0.717) is 5.76 Å². The third-order valence-electron chi connectivity index (χ3n) is 4.43. The first-order valence-corrected chi connectivity index (χ1v) is 11.0. The van der Waals surface area contributed by atoms with Gasteiger partial charge in [-0.25, -0.2) is 13.2 Å². The molecule has 0 aliphatic rings. The summed E-state index contributed by atoms with van der Waals surface area (Å²) in [6.45, 7) is -1.04. The fourth-order valence-corrected chi connectivity index (χ4v) is 3.74. The Balaban J connectivity index is 1.62. The van der Waals surface area contributed by atoms with Crippen LogP contribution in [0.4, 0.5) is 11.4 Å². The maximum Gasteiger partial charge on any atom is 0.341 e. The topological polar surface area (TPSA) is 180 Å². The molecule has 2 heterocycles. The fourth-order valence-electron chi connectivity index (χ4n) is 2.75. The largest absolute Gasteiger partial charge is 0.467 e. The number of esters is 2. The van der Waals surface area contributed by atoms with Gasteiger partial charge in [0.2, 0.25) is 10.0 Å². The quantitative estimate of drug-likeness (QED) is 0.227. The molecule has 0 saturated carbocycles. The third kappa shape index (κ3) is 5.99. The molecule has 180 valence electrons. The lowest BCUT2D eigenvalue weighted by molar-refractivity contribution is -0.384. The lowest BCUT2D eigenvalue weighted by Crippen LogP contribution is -2.30. The summed E-state index contributed by atoms with van der Waals surface area (Å²) < 4.78 is 46.7. The van der Waals surface area contributed by atoms with Crippen molar-refractivity contribution in [2.45, 2.75) is 18.0 Å². The number of rotatable bonds is 11. The molecule has 3 aromatic rings. The molecule has 0 saturated heterocycles. The molecule has 13 nitrogen and oxygen atoms in total. The summed E-state index contributed by atoms with van der Waals surface area (Å²) in [4.78, 5) is 33.8. The van der Waals surface area contributed by atoms with Gasteiger partial charge in [0.05, 0.1) is 36.0 Å². The molecule has 0 aliphatic carbocycles. The Bertz CT molecular complexity index is 1280. The minimum absolute atomic E-state index is 0.0244. The zero-order valence-corrected chi connectivity index (χ0v) is 18.5. The van der Waals surface area contributed by atoms with E-state index in [1.165, 1.54) is 31.8 Å². The van der Waals surface area contributed by atoms with Crippen molar-refractivity contribution in [3.05, 3.63) is 76.1 Å². The van der Waals surface area contributed by atoms with E-state index in [2.05, 4.69) is 10.1 Å². The first-order chi connectivity index (χ1) is 16.2. The second-order valence-corrected chi connectivity index (χ2v) is 8.37. The summed E-state index contributed by atoms with van der Waals surface area (Å²) in [6, 6.07) is 7.91. The van der Waals surface area contributed by atoms with Gasteiger partial charge >= 0.3 is 11.9 Å². The molecular weight excluding hydrogens is 474 g/mol. The Hall–Kier alpha value is -4.17. The zero-order valence-electron chi connectivity index (χ0n) is 17.7. The number of hydrogen-bond donors (Lipinski definition) is 2. The highest BCUT2D eigenvalue weighted by molar-refractivity contribution is 7.89. The molecule has 34 heavy (non-hydrogen) atoms. The predicted molar refractivity (Wildman–Crippen MR) is 114 cm³/mol. The van der Waals surface area contributed by atoms with Gasteiger partial charge in [0.1, 0.15) is 30.2 Å². The van der Waals surface area contributed by atoms with Crippen molar-refractivity contribution in [1.82, 2.24) is 4.72 Å². The molecule has 14 heteroatoms. The van der Waals surface area contributed by atoms with E-state index in [4.69, 9.17) is 13.6 Å². The SMILES string of the molecule is COC(=O)c1ccoc1COC(=O)CNS(=O)(=O)c1ccc(NCc2ccco2)c([N+](=O)[O-])c1. The van der Waals surface area contributed by atoms with Crippen LogP contribution in [0.25, 0.3) is 0 Å². The molecule has 1 aromatic carbocycles. The Morgan fingerprint density at radius 3 is 2.62 bits per heavy atom. The van der Waals surface area contributed by atoms with Gasteiger partial charge in [-0.3, -0.25) is 14.9 Å². The number of benzene rings is 1. The molecule has 0 atom stereocenters. The Morgan fingerprint density at radius 2 is 1.94 bits per heavy atom. The van der Waals surface area contributed by atoms with Gasteiger partial charge in [0.15, 0.2) is 5.76 Å². The van der Waals surface area contributed by atoms with Crippen LogP contribution in [0.2, 0.25) is 0 Å². The molecule has 0 bridgehead atoms. The van der Waals surface area contributed by atoms with Gasteiger partial charge in [0.25, 0.3) is 5.69 Å². The minimum atomic E-state index is -4.28. The molecule has 2 aromatic heterocycles. The van der Waals surface area contributed by atoms with Gasteiger partial charge in [-0.1, -0.05) is 0 Å². The number of nitrogens with one attached hydrogen (secondary N) is 2. The highest BCUT2D eigenvalue weighted by Gasteiger charge is 2.23. The van der Waals surface area contributed by atoms with E-state index >= 15 is 0 Å². The number of nitro benzene ring substituents is 1. The number of nitrogens with zero attached hydrogens (tertiary/aromatic N) is 1. The van der Waals surface area contributed by atoms with Crippen molar-refractivity contribution in [2.24, 2.45) is 0 Å². The predicted octanol–water partition coefficient (Wildman–Crippen LogP) is 2.20. The first kappa shape index (κ1) is 24.5. The Morgan fingerprint density at radius 1 is 1.15 bits per heavy atom. The Kier molecular flexibility index (Phi) is 7.65. The third-order valence-corrected chi connectivity index (χ3v) is 5.83. The number of methoxy groups -OCH3 is 1. The van der Waals surface area contributed by atoms with E-state index in [9.17, 15) is 28.1 Å². The van der Waals surface area contributed by atoms with Crippen molar-refractivity contribution >= 4 is 33.3 Å². The molecule has 0 fully saturated rings. The summed E-state index contributed by atoms with van der Waals surface area (Å²) in [5.74, 6) is -1.11. The summed E-state index contributed by atoms with van der Waals surface area (Å²) in [6.07, 6.45) is 2.66. The zero-order chi connectivity index (χ0) is 24.7. The van der Waals surface area contributed by atoms with Crippen molar-refractivity contribution in [2.75, 3.05) is 19.0 Å². The summed E-state index contributed by atoms with van der Waals surface area (Å²) in [7, 11) is -3.11. The van der Waals surface area contributed by atoms with Crippen LogP contribution in [-0.2, 0) is 37.4 Å². The van der Waals surface area contributed by atoms with Crippen molar-refractivity contribution in [1.29, 1.82) is 0 Å². The van der Waals surface area contributed by atoms with Crippen LogP contribution in [0.1, 0.15) is 21.9 Å². The average molecular weight is 493 g/mol. The lowest BCUT2D eigenvalue weighted by Gasteiger charge is -2.10. The lowest BCUT2D eigenvalue weighted by atomic mass is 10.2. The monoisotopic (exact) mass is 493 g/mol. The molecule has 0 spiro atoms. The van der Waals surface area contributed by atoms with E-state index in [0.717, 1.165) is 12.1 Å². The van der Waals surface area contributed by atoms with Crippen LogP contribution in [0, 0.1) is 10.1 Å². The standard InChI is InChI=1S/C20H19N3O10S/c1-30-20(25)15-6-8-32-18(15)12-33-19(24)11-22-34(28,29)14-4-5-16(17(9-14)23(26)27)21-10-13-3-2-7-31-13/h2-9,21-22H,10-12H2,1H3. The van der Waals surface area contributed by atoms with Gasteiger partial charge in [-0.15, -0.1) is 0 Å². The minimum Gasteiger partial charge on any atom is -0.467 e. The van der Waals surface area contributed by atoms with Crippen LogP contribution < -0.4 is 10.0 Å². The molecule has 0 radical (unpaired) electrons.